The smallest absolute Gasteiger partial charge is 0.279 e. The first-order chi connectivity index (χ1) is 14.5. The summed E-state index contributed by atoms with van der Waals surface area (Å²) in [6, 6.07) is 16.4. The number of carbonyl (C=O) groups excluding carboxylic acids is 2. The number of amides is 2. The summed E-state index contributed by atoms with van der Waals surface area (Å²) >= 11 is 1.73. The quantitative estimate of drug-likeness (QED) is 0.638. The SMILES string of the molecule is CCc1ccccc1NC(=O)C[NH+]1CCN(C(=O)CCSc2ccc(C)cc2)CC1. The second kappa shape index (κ2) is 11.2. The lowest BCUT2D eigenvalue weighted by Crippen LogP contribution is -3.15. The highest BCUT2D eigenvalue weighted by Crippen LogP contribution is 2.19. The van der Waals surface area contributed by atoms with Crippen LogP contribution in [-0.2, 0) is 16.0 Å². The molecule has 160 valence electrons. The summed E-state index contributed by atoms with van der Waals surface area (Å²) in [5, 5.41) is 3.05. The van der Waals surface area contributed by atoms with Crippen LogP contribution in [0.2, 0.25) is 0 Å². The number of piperazine rings is 1. The van der Waals surface area contributed by atoms with E-state index >= 15 is 0 Å². The van der Waals surface area contributed by atoms with Gasteiger partial charge in [-0.25, -0.2) is 0 Å². The summed E-state index contributed by atoms with van der Waals surface area (Å²) in [5.74, 6) is 1.06. The molecule has 1 heterocycles. The minimum Gasteiger partial charge on any atom is -0.331 e. The van der Waals surface area contributed by atoms with E-state index < -0.39 is 0 Å². The lowest BCUT2D eigenvalue weighted by Gasteiger charge is -2.32. The molecule has 1 aliphatic rings. The van der Waals surface area contributed by atoms with Crippen LogP contribution in [0, 0.1) is 6.92 Å². The van der Waals surface area contributed by atoms with Crippen LogP contribution in [0.15, 0.2) is 53.4 Å². The number of aryl methyl sites for hydroxylation is 2. The number of hydrogen-bond acceptors (Lipinski definition) is 3. The fourth-order valence-electron chi connectivity index (χ4n) is 3.67. The molecule has 0 spiro atoms. The van der Waals surface area contributed by atoms with Gasteiger partial charge in [-0.15, -0.1) is 11.8 Å². The average molecular weight is 427 g/mol. The number of quaternary nitrogens is 1. The van der Waals surface area contributed by atoms with Crippen molar-refractivity contribution in [3.8, 4) is 0 Å². The normalized spacial score (nSPS) is 14.5. The first-order valence-electron chi connectivity index (χ1n) is 10.7. The Morgan fingerprint density at radius 2 is 1.77 bits per heavy atom. The molecule has 2 aromatic rings. The maximum Gasteiger partial charge on any atom is 0.279 e. The number of hydrogen-bond donors (Lipinski definition) is 2. The van der Waals surface area contributed by atoms with Crippen LogP contribution in [0.4, 0.5) is 5.69 Å². The third kappa shape index (κ3) is 6.61. The van der Waals surface area contributed by atoms with Crippen molar-refractivity contribution in [2.75, 3.05) is 43.8 Å². The topological polar surface area (TPSA) is 53.9 Å². The zero-order chi connectivity index (χ0) is 21.3. The van der Waals surface area contributed by atoms with Gasteiger partial charge in [-0.1, -0.05) is 42.8 Å². The van der Waals surface area contributed by atoms with Gasteiger partial charge in [0.05, 0.1) is 26.2 Å². The van der Waals surface area contributed by atoms with Gasteiger partial charge >= 0.3 is 0 Å². The third-order valence-electron chi connectivity index (χ3n) is 5.51. The fraction of sp³-hybridized carbons (Fsp3) is 0.417. The molecule has 0 saturated carbocycles. The van der Waals surface area contributed by atoms with E-state index in [1.165, 1.54) is 15.4 Å². The van der Waals surface area contributed by atoms with Crippen LogP contribution < -0.4 is 10.2 Å². The molecule has 0 bridgehead atoms. The van der Waals surface area contributed by atoms with Crippen LogP contribution in [-0.4, -0.2) is 55.2 Å². The molecule has 5 nitrogen and oxygen atoms in total. The lowest BCUT2D eigenvalue weighted by atomic mass is 10.1. The Hall–Kier alpha value is -2.31. The number of thioether (sulfide) groups is 1. The number of nitrogens with one attached hydrogen (secondary N) is 2. The minimum absolute atomic E-state index is 0.0418. The molecule has 2 amide bonds. The summed E-state index contributed by atoms with van der Waals surface area (Å²) in [6.45, 7) is 7.70. The van der Waals surface area contributed by atoms with Crippen molar-refractivity contribution < 1.29 is 14.5 Å². The van der Waals surface area contributed by atoms with E-state index in [4.69, 9.17) is 0 Å². The summed E-state index contributed by atoms with van der Waals surface area (Å²) in [6.07, 6.45) is 1.45. The molecule has 1 saturated heterocycles. The van der Waals surface area contributed by atoms with Gasteiger partial charge in [0.15, 0.2) is 6.54 Å². The number of nitrogens with zero attached hydrogens (tertiary/aromatic N) is 1. The van der Waals surface area contributed by atoms with E-state index in [2.05, 4.69) is 43.4 Å². The van der Waals surface area contributed by atoms with Gasteiger partial charge in [-0.05, 0) is 37.1 Å². The molecule has 1 fully saturated rings. The molecule has 2 N–H and O–H groups in total. The van der Waals surface area contributed by atoms with Crippen LogP contribution in [0.25, 0.3) is 0 Å². The highest BCUT2D eigenvalue weighted by molar-refractivity contribution is 7.99. The highest BCUT2D eigenvalue weighted by Gasteiger charge is 2.25. The summed E-state index contributed by atoms with van der Waals surface area (Å²) < 4.78 is 0. The molecule has 6 heteroatoms. The van der Waals surface area contributed by atoms with Gasteiger partial charge in [0.1, 0.15) is 0 Å². The van der Waals surface area contributed by atoms with Crippen molar-refractivity contribution in [1.29, 1.82) is 0 Å². The van der Waals surface area contributed by atoms with E-state index in [9.17, 15) is 9.59 Å². The van der Waals surface area contributed by atoms with E-state index in [1.54, 1.807) is 11.8 Å². The summed E-state index contributed by atoms with van der Waals surface area (Å²) in [5.41, 5.74) is 3.31. The van der Waals surface area contributed by atoms with E-state index in [0.717, 1.165) is 49.6 Å². The molecule has 0 aliphatic carbocycles. The maximum atomic E-state index is 12.5. The maximum absolute atomic E-state index is 12.5. The van der Waals surface area contributed by atoms with Crippen LogP contribution in [0.3, 0.4) is 0 Å². The van der Waals surface area contributed by atoms with Gasteiger partial charge in [0.25, 0.3) is 5.91 Å². The molecule has 30 heavy (non-hydrogen) atoms. The Labute approximate surface area is 183 Å². The molecule has 3 rings (SSSR count). The highest BCUT2D eigenvalue weighted by atomic mass is 32.2. The molecular weight excluding hydrogens is 394 g/mol. The van der Waals surface area contributed by atoms with Crippen molar-refractivity contribution in [2.45, 2.75) is 31.6 Å². The predicted octanol–water partition coefficient (Wildman–Crippen LogP) is 2.41. The molecule has 0 radical (unpaired) electrons. The monoisotopic (exact) mass is 426 g/mol. The zero-order valence-electron chi connectivity index (χ0n) is 17.9. The van der Waals surface area contributed by atoms with Crippen molar-refractivity contribution in [3.05, 3.63) is 59.7 Å². The number of benzene rings is 2. The van der Waals surface area contributed by atoms with E-state index in [1.807, 2.05) is 29.2 Å². The van der Waals surface area contributed by atoms with Gasteiger partial charge < -0.3 is 15.1 Å². The molecule has 0 unspecified atom stereocenters. The Balaban J connectivity index is 1.37. The Kier molecular flexibility index (Phi) is 8.34. The fourth-order valence-corrected chi connectivity index (χ4v) is 4.51. The van der Waals surface area contributed by atoms with Crippen LogP contribution in [0.1, 0.15) is 24.5 Å². The number of carbonyl (C=O) groups is 2. The zero-order valence-corrected chi connectivity index (χ0v) is 18.8. The first-order valence-corrected chi connectivity index (χ1v) is 11.7. The lowest BCUT2D eigenvalue weighted by molar-refractivity contribution is -0.895. The van der Waals surface area contributed by atoms with Gasteiger partial charge in [-0.3, -0.25) is 9.59 Å². The second-order valence-corrected chi connectivity index (χ2v) is 8.95. The average Bonchev–Trinajstić information content (AvgIpc) is 2.76. The number of anilines is 1. The van der Waals surface area contributed by atoms with E-state index in [-0.39, 0.29) is 11.8 Å². The Morgan fingerprint density at radius 3 is 2.47 bits per heavy atom. The molecular formula is C24H32N3O2S+. The number of rotatable bonds is 8. The van der Waals surface area contributed by atoms with E-state index in [0.29, 0.717) is 13.0 Å². The largest absolute Gasteiger partial charge is 0.331 e. The molecule has 0 atom stereocenters. The molecule has 0 aromatic heterocycles. The molecule has 2 aromatic carbocycles. The van der Waals surface area contributed by atoms with Gasteiger partial charge in [0, 0.05) is 22.8 Å². The summed E-state index contributed by atoms with van der Waals surface area (Å²) in [7, 11) is 0. The minimum atomic E-state index is 0.0418. The molecule has 1 aliphatic heterocycles. The van der Waals surface area contributed by atoms with Crippen molar-refractivity contribution in [2.24, 2.45) is 0 Å². The standard InChI is InChI=1S/C24H31N3O2S/c1-3-20-6-4-5-7-22(20)25-23(28)18-26-13-15-27(16-14-26)24(29)12-17-30-21-10-8-19(2)9-11-21/h4-11H,3,12-18H2,1-2H3,(H,25,28)/p+1. The Bertz CT molecular complexity index is 846. The number of para-hydroxylation sites is 1. The second-order valence-electron chi connectivity index (χ2n) is 7.78. The van der Waals surface area contributed by atoms with Crippen molar-refractivity contribution >= 4 is 29.3 Å². The predicted molar refractivity (Wildman–Crippen MR) is 123 cm³/mol. The van der Waals surface area contributed by atoms with Gasteiger partial charge in [-0.2, -0.15) is 0 Å². The Morgan fingerprint density at radius 1 is 1.07 bits per heavy atom. The van der Waals surface area contributed by atoms with Crippen molar-refractivity contribution in [3.63, 3.8) is 0 Å². The van der Waals surface area contributed by atoms with Gasteiger partial charge in [0.2, 0.25) is 5.91 Å². The van der Waals surface area contributed by atoms with Crippen LogP contribution >= 0.6 is 11.8 Å². The van der Waals surface area contributed by atoms with Crippen molar-refractivity contribution in [1.82, 2.24) is 4.90 Å². The summed E-state index contributed by atoms with van der Waals surface area (Å²) in [4.78, 5) is 29.3. The first kappa shape index (κ1) is 22.4. The van der Waals surface area contributed by atoms with Crippen LogP contribution in [0.5, 0.6) is 0 Å². The third-order valence-corrected chi connectivity index (χ3v) is 6.53.